The van der Waals surface area contributed by atoms with Crippen LogP contribution in [0.15, 0.2) is 47.6 Å². The zero-order valence-electron chi connectivity index (χ0n) is 14.7. The SMILES string of the molecule is CN=C(NCc1cccc(Cl)c1)NCc1ccnc(OCC2CC2)c1.I. The molecule has 0 amide bonds. The number of halogens is 2. The van der Waals surface area contributed by atoms with Gasteiger partial charge >= 0.3 is 0 Å². The molecule has 140 valence electrons. The van der Waals surface area contributed by atoms with Gasteiger partial charge in [-0.1, -0.05) is 23.7 Å². The molecule has 0 unspecified atom stereocenters. The lowest BCUT2D eigenvalue weighted by Crippen LogP contribution is -2.36. The average molecular weight is 487 g/mol. The van der Waals surface area contributed by atoms with Gasteiger partial charge in [0.1, 0.15) is 0 Å². The number of pyridine rings is 1. The molecular formula is C19H24ClIN4O. The molecule has 3 rings (SSSR count). The molecule has 7 heteroatoms. The number of hydrogen-bond donors (Lipinski definition) is 2. The van der Waals surface area contributed by atoms with Crippen molar-refractivity contribution >= 4 is 41.5 Å². The van der Waals surface area contributed by atoms with Gasteiger partial charge in [0, 0.05) is 37.4 Å². The molecular weight excluding hydrogens is 463 g/mol. The van der Waals surface area contributed by atoms with Gasteiger partial charge < -0.3 is 15.4 Å². The predicted octanol–water partition coefficient (Wildman–Crippen LogP) is 4.01. The molecule has 1 heterocycles. The Balaban J connectivity index is 0.00000243. The van der Waals surface area contributed by atoms with Crippen molar-refractivity contribution in [3.8, 4) is 5.88 Å². The van der Waals surface area contributed by atoms with Crippen LogP contribution in [0.3, 0.4) is 0 Å². The number of hydrogen-bond acceptors (Lipinski definition) is 3. The van der Waals surface area contributed by atoms with E-state index in [1.807, 2.05) is 36.4 Å². The summed E-state index contributed by atoms with van der Waals surface area (Å²) in [5, 5.41) is 7.31. The Morgan fingerprint density at radius 3 is 2.58 bits per heavy atom. The number of benzene rings is 1. The standard InChI is InChI=1S/C19H23ClN4O.HI/c1-21-19(23-11-15-3-2-4-17(20)9-15)24-12-16-7-8-22-18(10-16)25-13-14-5-6-14;/h2-4,7-10,14H,5-6,11-13H2,1H3,(H2,21,23,24);1H. The minimum Gasteiger partial charge on any atom is -0.477 e. The summed E-state index contributed by atoms with van der Waals surface area (Å²) in [6.07, 6.45) is 4.33. The van der Waals surface area contributed by atoms with Crippen LogP contribution in [0.2, 0.25) is 5.02 Å². The largest absolute Gasteiger partial charge is 0.477 e. The third-order valence-corrected chi connectivity index (χ3v) is 4.23. The number of nitrogens with one attached hydrogen (secondary N) is 2. The van der Waals surface area contributed by atoms with Gasteiger partial charge in [-0.2, -0.15) is 0 Å². The van der Waals surface area contributed by atoms with E-state index < -0.39 is 0 Å². The van der Waals surface area contributed by atoms with Crippen molar-refractivity contribution in [1.29, 1.82) is 0 Å². The molecule has 2 aromatic rings. The fourth-order valence-electron chi connectivity index (χ4n) is 2.37. The molecule has 1 aliphatic rings. The van der Waals surface area contributed by atoms with Crippen LogP contribution in [0.5, 0.6) is 5.88 Å². The first kappa shape index (κ1) is 20.8. The molecule has 0 spiro atoms. The topological polar surface area (TPSA) is 58.5 Å². The zero-order chi connectivity index (χ0) is 17.5. The van der Waals surface area contributed by atoms with E-state index in [0.717, 1.165) is 34.6 Å². The third kappa shape index (κ3) is 6.99. The molecule has 2 N–H and O–H groups in total. The van der Waals surface area contributed by atoms with E-state index in [9.17, 15) is 0 Å². The molecule has 26 heavy (non-hydrogen) atoms. The second kappa shape index (κ2) is 10.6. The van der Waals surface area contributed by atoms with Gasteiger partial charge in [-0.25, -0.2) is 4.98 Å². The molecule has 0 aliphatic heterocycles. The van der Waals surface area contributed by atoms with Crippen LogP contribution < -0.4 is 15.4 Å². The van der Waals surface area contributed by atoms with Gasteiger partial charge in [0.15, 0.2) is 5.96 Å². The lowest BCUT2D eigenvalue weighted by molar-refractivity contribution is 0.288. The maximum absolute atomic E-state index is 6.01. The van der Waals surface area contributed by atoms with Crippen LogP contribution in [0.4, 0.5) is 0 Å². The molecule has 0 saturated heterocycles. The predicted molar refractivity (Wildman–Crippen MR) is 116 cm³/mol. The number of nitrogens with zero attached hydrogens (tertiary/aromatic N) is 2. The van der Waals surface area contributed by atoms with Crippen LogP contribution in [0, 0.1) is 5.92 Å². The van der Waals surface area contributed by atoms with Crippen LogP contribution in [-0.4, -0.2) is 24.6 Å². The maximum atomic E-state index is 6.01. The summed E-state index contributed by atoms with van der Waals surface area (Å²) < 4.78 is 5.72. The Morgan fingerprint density at radius 1 is 1.19 bits per heavy atom. The van der Waals surface area contributed by atoms with Crippen molar-refractivity contribution in [1.82, 2.24) is 15.6 Å². The molecule has 1 saturated carbocycles. The van der Waals surface area contributed by atoms with E-state index in [0.29, 0.717) is 19.0 Å². The highest BCUT2D eigenvalue weighted by molar-refractivity contribution is 14.0. The lowest BCUT2D eigenvalue weighted by atomic mass is 10.2. The Bertz CT molecular complexity index is 737. The minimum atomic E-state index is 0. The summed E-state index contributed by atoms with van der Waals surface area (Å²) >= 11 is 6.01. The first-order valence-corrected chi connectivity index (χ1v) is 8.87. The van der Waals surface area contributed by atoms with Gasteiger partial charge in [0.2, 0.25) is 5.88 Å². The summed E-state index contributed by atoms with van der Waals surface area (Å²) in [7, 11) is 1.75. The van der Waals surface area contributed by atoms with Gasteiger partial charge in [0.25, 0.3) is 0 Å². The zero-order valence-corrected chi connectivity index (χ0v) is 17.8. The van der Waals surface area contributed by atoms with E-state index in [4.69, 9.17) is 16.3 Å². The van der Waals surface area contributed by atoms with E-state index in [1.165, 1.54) is 12.8 Å². The lowest BCUT2D eigenvalue weighted by Gasteiger charge is -2.13. The minimum absolute atomic E-state index is 0. The highest BCUT2D eigenvalue weighted by Crippen LogP contribution is 2.29. The van der Waals surface area contributed by atoms with Gasteiger partial charge in [0.05, 0.1) is 6.61 Å². The molecule has 1 aliphatic carbocycles. The van der Waals surface area contributed by atoms with Crippen molar-refractivity contribution in [3.63, 3.8) is 0 Å². The van der Waals surface area contributed by atoms with Crippen molar-refractivity contribution < 1.29 is 4.74 Å². The molecule has 0 radical (unpaired) electrons. The second-order valence-corrected chi connectivity index (χ2v) is 6.60. The number of guanidine groups is 1. The van der Waals surface area contributed by atoms with E-state index in [2.05, 4.69) is 20.6 Å². The van der Waals surface area contributed by atoms with Crippen LogP contribution in [0.1, 0.15) is 24.0 Å². The number of rotatable bonds is 7. The Labute approximate surface area is 176 Å². The molecule has 5 nitrogen and oxygen atoms in total. The summed E-state index contributed by atoms with van der Waals surface area (Å²) in [5.74, 6) is 2.14. The third-order valence-electron chi connectivity index (χ3n) is 4.00. The van der Waals surface area contributed by atoms with Crippen molar-refractivity contribution in [2.24, 2.45) is 10.9 Å². The molecule has 1 aromatic heterocycles. The Hall–Kier alpha value is -1.54. The smallest absolute Gasteiger partial charge is 0.213 e. The quantitative estimate of drug-likeness (QED) is 0.353. The van der Waals surface area contributed by atoms with Gasteiger partial charge in [-0.3, -0.25) is 4.99 Å². The van der Waals surface area contributed by atoms with Crippen LogP contribution >= 0.6 is 35.6 Å². The number of aromatic nitrogens is 1. The molecule has 0 bridgehead atoms. The van der Waals surface area contributed by atoms with Crippen molar-refractivity contribution in [3.05, 3.63) is 58.7 Å². The van der Waals surface area contributed by atoms with Crippen molar-refractivity contribution in [2.75, 3.05) is 13.7 Å². The maximum Gasteiger partial charge on any atom is 0.213 e. The summed E-state index contributed by atoms with van der Waals surface area (Å²) in [4.78, 5) is 8.51. The van der Waals surface area contributed by atoms with Gasteiger partial charge in [-0.15, -0.1) is 24.0 Å². The highest BCUT2D eigenvalue weighted by atomic mass is 127. The average Bonchev–Trinajstić information content (AvgIpc) is 3.45. The molecule has 0 atom stereocenters. The Kier molecular flexibility index (Phi) is 8.44. The van der Waals surface area contributed by atoms with E-state index in [1.54, 1.807) is 13.2 Å². The molecule has 1 fully saturated rings. The first-order valence-electron chi connectivity index (χ1n) is 8.49. The normalized spacial score (nSPS) is 13.7. The molecule has 1 aromatic carbocycles. The monoisotopic (exact) mass is 486 g/mol. The van der Waals surface area contributed by atoms with E-state index >= 15 is 0 Å². The van der Waals surface area contributed by atoms with Crippen LogP contribution in [-0.2, 0) is 13.1 Å². The van der Waals surface area contributed by atoms with Crippen molar-refractivity contribution in [2.45, 2.75) is 25.9 Å². The first-order chi connectivity index (χ1) is 12.2. The number of aliphatic imine (C=N–C) groups is 1. The summed E-state index contributed by atoms with van der Waals surface area (Å²) in [6.45, 7) is 2.08. The second-order valence-electron chi connectivity index (χ2n) is 6.17. The fraction of sp³-hybridized carbons (Fsp3) is 0.368. The highest BCUT2D eigenvalue weighted by Gasteiger charge is 2.22. The summed E-state index contributed by atoms with van der Waals surface area (Å²) in [5.41, 5.74) is 2.21. The van der Waals surface area contributed by atoms with E-state index in [-0.39, 0.29) is 24.0 Å². The fourth-order valence-corrected chi connectivity index (χ4v) is 2.58. The van der Waals surface area contributed by atoms with Crippen LogP contribution in [0.25, 0.3) is 0 Å². The number of ether oxygens (including phenoxy) is 1. The Morgan fingerprint density at radius 2 is 1.92 bits per heavy atom. The van der Waals surface area contributed by atoms with Gasteiger partial charge in [-0.05, 0) is 48.1 Å². The summed E-state index contributed by atoms with van der Waals surface area (Å²) in [6, 6.07) is 11.7.